The summed E-state index contributed by atoms with van der Waals surface area (Å²) in [4.78, 5) is 17.9. The largest absolute Gasteiger partial charge is 0.475 e. The van der Waals surface area contributed by atoms with E-state index in [0.29, 0.717) is 17.9 Å². The van der Waals surface area contributed by atoms with Gasteiger partial charge in [-0.15, -0.1) is 0 Å². The summed E-state index contributed by atoms with van der Waals surface area (Å²) < 4.78 is 28.4. The minimum atomic E-state index is -3.01. The van der Waals surface area contributed by atoms with Gasteiger partial charge in [0.2, 0.25) is 5.88 Å². The SMILES string of the molecule is CC(C)Oc1ccc(C(=O)N(C)C2CCS(=O)(=O)C2)cn1. The van der Waals surface area contributed by atoms with E-state index in [2.05, 4.69) is 4.98 Å². The molecule has 1 amide bonds. The third-order valence-corrected chi connectivity index (χ3v) is 5.17. The highest BCUT2D eigenvalue weighted by Crippen LogP contribution is 2.19. The number of rotatable bonds is 4. The van der Waals surface area contributed by atoms with E-state index in [-0.39, 0.29) is 29.6 Å². The van der Waals surface area contributed by atoms with Gasteiger partial charge in [0.25, 0.3) is 5.91 Å². The normalized spacial score (nSPS) is 20.5. The van der Waals surface area contributed by atoms with Gasteiger partial charge in [-0.2, -0.15) is 0 Å². The van der Waals surface area contributed by atoms with Gasteiger partial charge in [0.1, 0.15) is 0 Å². The Balaban J connectivity index is 2.06. The van der Waals surface area contributed by atoms with Crippen LogP contribution in [0.4, 0.5) is 0 Å². The lowest BCUT2D eigenvalue weighted by atomic mass is 10.2. The zero-order chi connectivity index (χ0) is 15.6. The molecular formula is C14H20N2O4S. The second-order valence-electron chi connectivity index (χ2n) is 5.52. The number of amides is 1. The number of sulfone groups is 1. The van der Waals surface area contributed by atoms with E-state index in [1.165, 1.54) is 11.1 Å². The standard InChI is InChI=1S/C14H20N2O4S/c1-10(2)20-13-5-4-11(8-15-13)14(17)16(3)12-6-7-21(18,19)9-12/h4-5,8,10,12H,6-7,9H2,1-3H3. The lowest BCUT2D eigenvalue weighted by Gasteiger charge is -2.23. The quantitative estimate of drug-likeness (QED) is 0.833. The van der Waals surface area contributed by atoms with Gasteiger partial charge >= 0.3 is 0 Å². The Morgan fingerprint density at radius 1 is 1.43 bits per heavy atom. The maximum Gasteiger partial charge on any atom is 0.255 e. The molecule has 1 aliphatic rings. The number of hydrogen-bond acceptors (Lipinski definition) is 5. The van der Waals surface area contributed by atoms with Crippen LogP contribution in [0.5, 0.6) is 5.88 Å². The first kappa shape index (κ1) is 15.8. The summed E-state index contributed by atoms with van der Waals surface area (Å²) in [5, 5.41) is 0. The van der Waals surface area contributed by atoms with Crippen LogP contribution in [0.3, 0.4) is 0 Å². The van der Waals surface area contributed by atoms with Crippen LogP contribution in [-0.4, -0.2) is 54.9 Å². The Bertz CT molecular complexity index is 610. The van der Waals surface area contributed by atoms with Crippen molar-refractivity contribution in [2.24, 2.45) is 0 Å². The third-order valence-electron chi connectivity index (χ3n) is 3.42. The smallest absolute Gasteiger partial charge is 0.255 e. The number of pyridine rings is 1. The number of carbonyl (C=O) groups is 1. The van der Waals surface area contributed by atoms with Crippen LogP contribution in [0, 0.1) is 0 Å². The zero-order valence-corrected chi connectivity index (χ0v) is 13.3. The van der Waals surface area contributed by atoms with Gasteiger partial charge in [-0.05, 0) is 26.3 Å². The van der Waals surface area contributed by atoms with Crippen LogP contribution < -0.4 is 4.74 Å². The predicted molar refractivity (Wildman–Crippen MR) is 79.2 cm³/mol. The van der Waals surface area contributed by atoms with E-state index in [4.69, 9.17) is 4.74 Å². The molecule has 1 aromatic heterocycles. The minimum Gasteiger partial charge on any atom is -0.475 e. The van der Waals surface area contributed by atoms with Crippen molar-refractivity contribution in [3.63, 3.8) is 0 Å². The summed E-state index contributed by atoms with van der Waals surface area (Å²) in [6.45, 7) is 3.80. The highest BCUT2D eigenvalue weighted by Gasteiger charge is 2.33. The fourth-order valence-corrected chi connectivity index (χ4v) is 4.04. The van der Waals surface area contributed by atoms with Crippen LogP contribution in [0.2, 0.25) is 0 Å². The zero-order valence-electron chi connectivity index (χ0n) is 12.4. The second-order valence-corrected chi connectivity index (χ2v) is 7.75. The fraction of sp³-hybridized carbons (Fsp3) is 0.571. The number of hydrogen-bond donors (Lipinski definition) is 0. The van der Waals surface area contributed by atoms with Crippen molar-refractivity contribution in [2.75, 3.05) is 18.6 Å². The molecule has 0 bridgehead atoms. The summed E-state index contributed by atoms with van der Waals surface area (Å²) in [6.07, 6.45) is 1.97. The molecule has 1 fully saturated rings. The summed E-state index contributed by atoms with van der Waals surface area (Å²) >= 11 is 0. The van der Waals surface area contributed by atoms with E-state index in [0.717, 1.165) is 0 Å². The lowest BCUT2D eigenvalue weighted by Crippen LogP contribution is -2.37. The van der Waals surface area contributed by atoms with Crippen molar-refractivity contribution < 1.29 is 17.9 Å². The highest BCUT2D eigenvalue weighted by molar-refractivity contribution is 7.91. The number of ether oxygens (including phenoxy) is 1. The van der Waals surface area contributed by atoms with Crippen LogP contribution >= 0.6 is 0 Å². The third kappa shape index (κ3) is 3.93. The Hall–Kier alpha value is -1.63. The van der Waals surface area contributed by atoms with Crippen LogP contribution in [0.25, 0.3) is 0 Å². The molecule has 116 valence electrons. The lowest BCUT2D eigenvalue weighted by molar-refractivity contribution is 0.0747. The van der Waals surface area contributed by atoms with Crippen molar-refractivity contribution >= 4 is 15.7 Å². The average molecular weight is 312 g/mol. The molecule has 1 aromatic rings. The van der Waals surface area contributed by atoms with Crippen LogP contribution in [0.1, 0.15) is 30.6 Å². The highest BCUT2D eigenvalue weighted by atomic mass is 32.2. The second kappa shape index (κ2) is 6.01. The molecule has 2 rings (SSSR count). The molecular weight excluding hydrogens is 292 g/mol. The molecule has 1 unspecified atom stereocenters. The number of nitrogens with zero attached hydrogens (tertiary/aromatic N) is 2. The van der Waals surface area contributed by atoms with Gasteiger partial charge in [0.15, 0.2) is 9.84 Å². The molecule has 0 radical (unpaired) electrons. The minimum absolute atomic E-state index is 0.0189. The molecule has 0 aromatic carbocycles. The van der Waals surface area contributed by atoms with Gasteiger partial charge in [0, 0.05) is 25.4 Å². The summed E-state index contributed by atoms with van der Waals surface area (Å²) in [7, 11) is -1.37. The van der Waals surface area contributed by atoms with Gasteiger partial charge < -0.3 is 9.64 Å². The van der Waals surface area contributed by atoms with Crippen molar-refractivity contribution in [2.45, 2.75) is 32.4 Å². The van der Waals surface area contributed by atoms with E-state index >= 15 is 0 Å². The maximum atomic E-state index is 12.3. The van der Waals surface area contributed by atoms with Crippen molar-refractivity contribution in [1.29, 1.82) is 0 Å². The topological polar surface area (TPSA) is 76.6 Å². The summed E-state index contributed by atoms with van der Waals surface area (Å²) in [5.41, 5.74) is 0.429. The molecule has 6 nitrogen and oxygen atoms in total. The van der Waals surface area contributed by atoms with Crippen molar-refractivity contribution in [1.82, 2.24) is 9.88 Å². The first-order valence-electron chi connectivity index (χ1n) is 6.89. The Kier molecular flexibility index (Phi) is 4.51. The number of aromatic nitrogens is 1. The molecule has 7 heteroatoms. The Morgan fingerprint density at radius 2 is 2.14 bits per heavy atom. The van der Waals surface area contributed by atoms with Crippen molar-refractivity contribution in [3.8, 4) is 5.88 Å². The number of carbonyl (C=O) groups excluding carboxylic acids is 1. The van der Waals surface area contributed by atoms with Gasteiger partial charge in [-0.3, -0.25) is 4.79 Å². The molecule has 2 heterocycles. The van der Waals surface area contributed by atoms with E-state index in [1.54, 1.807) is 19.2 Å². The Morgan fingerprint density at radius 3 is 2.62 bits per heavy atom. The molecule has 0 N–H and O–H groups in total. The van der Waals surface area contributed by atoms with Gasteiger partial charge in [-0.1, -0.05) is 0 Å². The molecule has 21 heavy (non-hydrogen) atoms. The first-order valence-corrected chi connectivity index (χ1v) is 8.71. The Labute approximate surface area is 125 Å². The molecule has 0 aliphatic carbocycles. The van der Waals surface area contributed by atoms with E-state index in [1.807, 2.05) is 13.8 Å². The molecule has 1 atom stereocenters. The van der Waals surface area contributed by atoms with Gasteiger partial charge in [0.05, 0.1) is 23.2 Å². The van der Waals surface area contributed by atoms with Crippen molar-refractivity contribution in [3.05, 3.63) is 23.9 Å². The van der Waals surface area contributed by atoms with Crippen LogP contribution in [-0.2, 0) is 9.84 Å². The molecule has 0 saturated carbocycles. The van der Waals surface area contributed by atoms with Crippen LogP contribution in [0.15, 0.2) is 18.3 Å². The molecule has 1 saturated heterocycles. The average Bonchev–Trinajstić information content (AvgIpc) is 2.77. The van der Waals surface area contributed by atoms with Gasteiger partial charge in [-0.25, -0.2) is 13.4 Å². The fourth-order valence-electron chi connectivity index (χ4n) is 2.27. The summed E-state index contributed by atoms with van der Waals surface area (Å²) in [6, 6.07) is 3.04. The molecule has 1 aliphatic heterocycles. The van der Waals surface area contributed by atoms with E-state index in [9.17, 15) is 13.2 Å². The maximum absolute atomic E-state index is 12.3. The van der Waals surface area contributed by atoms with E-state index < -0.39 is 9.84 Å². The summed E-state index contributed by atoms with van der Waals surface area (Å²) in [5.74, 6) is 0.430. The molecule has 0 spiro atoms. The first-order chi connectivity index (χ1) is 9.78. The predicted octanol–water partition coefficient (Wildman–Crippen LogP) is 1.13. The monoisotopic (exact) mass is 312 g/mol.